The second-order valence-corrected chi connectivity index (χ2v) is 5.37. The fourth-order valence-electron chi connectivity index (χ4n) is 2.47. The summed E-state index contributed by atoms with van der Waals surface area (Å²) in [6.07, 6.45) is 0.426. The van der Waals surface area contributed by atoms with Gasteiger partial charge in [-0.25, -0.2) is 9.07 Å². The van der Waals surface area contributed by atoms with Crippen LogP contribution < -0.4 is 15.4 Å². The molecule has 6 nitrogen and oxygen atoms in total. The van der Waals surface area contributed by atoms with Crippen LogP contribution in [-0.4, -0.2) is 22.4 Å². The minimum atomic E-state index is -1.44. The van der Waals surface area contributed by atoms with E-state index in [0.717, 1.165) is 4.68 Å². The Bertz CT molecular complexity index is 967. The van der Waals surface area contributed by atoms with Crippen molar-refractivity contribution in [1.29, 1.82) is 0 Å². The lowest BCUT2D eigenvalue weighted by molar-refractivity contribution is -0.255. The second kappa shape index (κ2) is 7.12. The number of hydrogen-bond acceptors (Lipinski definition) is 5. The third-order valence-corrected chi connectivity index (χ3v) is 3.66. The van der Waals surface area contributed by atoms with E-state index in [0.29, 0.717) is 12.2 Å². The fraction of sp³-hybridized carbons (Fsp3) is 0.167. The summed E-state index contributed by atoms with van der Waals surface area (Å²) in [4.78, 5) is 23.7. The van der Waals surface area contributed by atoms with Crippen molar-refractivity contribution in [3.05, 3.63) is 70.4 Å². The molecular formula is C18H14FN2O4-. The van der Waals surface area contributed by atoms with E-state index in [1.54, 1.807) is 18.2 Å². The largest absolute Gasteiger partial charge is 0.543 e. The van der Waals surface area contributed by atoms with E-state index in [4.69, 9.17) is 4.74 Å². The molecule has 0 bridgehead atoms. The van der Waals surface area contributed by atoms with Crippen LogP contribution in [0.25, 0.3) is 10.8 Å². The van der Waals surface area contributed by atoms with E-state index in [1.165, 1.54) is 30.3 Å². The molecule has 0 saturated carbocycles. The molecule has 0 aliphatic rings. The summed E-state index contributed by atoms with van der Waals surface area (Å²) in [7, 11) is 0. The zero-order chi connectivity index (χ0) is 17.8. The Morgan fingerprint density at radius 2 is 1.80 bits per heavy atom. The molecule has 0 amide bonds. The van der Waals surface area contributed by atoms with Crippen molar-refractivity contribution in [3.8, 4) is 5.75 Å². The minimum absolute atomic E-state index is 0.186. The van der Waals surface area contributed by atoms with Crippen molar-refractivity contribution < 1.29 is 19.0 Å². The normalized spacial score (nSPS) is 10.8. The van der Waals surface area contributed by atoms with E-state index in [1.807, 2.05) is 0 Å². The molecule has 0 aliphatic heterocycles. The Labute approximate surface area is 142 Å². The molecule has 1 heterocycles. The van der Waals surface area contributed by atoms with Gasteiger partial charge in [-0.3, -0.25) is 4.79 Å². The summed E-state index contributed by atoms with van der Waals surface area (Å²) in [5.74, 6) is -1.28. The number of aryl methyl sites for hydroxylation is 1. The Balaban J connectivity index is 1.75. The summed E-state index contributed by atoms with van der Waals surface area (Å²) < 4.78 is 19.4. The van der Waals surface area contributed by atoms with Gasteiger partial charge in [-0.05, 0) is 30.3 Å². The molecule has 0 unspecified atom stereocenters. The number of carbonyl (C=O) groups is 1. The number of aromatic nitrogens is 2. The first-order valence-corrected chi connectivity index (χ1v) is 7.66. The van der Waals surface area contributed by atoms with Gasteiger partial charge in [0, 0.05) is 18.4 Å². The lowest BCUT2D eigenvalue weighted by Gasteiger charge is -2.12. The Hall–Kier alpha value is -3.22. The zero-order valence-electron chi connectivity index (χ0n) is 13.1. The number of carbonyl (C=O) groups excluding carboxylic acids is 1. The van der Waals surface area contributed by atoms with Gasteiger partial charge in [0.2, 0.25) is 0 Å². The van der Waals surface area contributed by atoms with Crippen LogP contribution in [0.5, 0.6) is 5.75 Å². The maximum atomic E-state index is 12.8. The average molecular weight is 341 g/mol. The van der Waals surface area contributed by atoms with Crippen LogP contribution in [0.15, 0.2) is 53.3 Å². The molecule has 25 heavy (non-hydrogen) atoms. The van der Waals surface area contributed by atoms with Crippen LogP contribution in [-0.2, 0) is 6.54 Å². The topological polar surface area (TPSA) is 84.2 Å². The lowest BCUT2D eigenvalue weighted by atomic mass is 10.1. The van der Waals surface area contributed by atoms with Crippen LogP contribution in [0.2, 0.25) is 0 Å². The number of halogens is 1. The summed E-state index contributed by atoms with van der Waals surface area (Å²) >= 11 is 0. The third kappa shape index (κ3) is 3.65. The summed E-state index contributed by atoms with van der Waals surface area (Å²) in [6.45, 7) is 0.457. The van der Waals surface area contributed by atoms with Crippen molar-refractivity contribution in [2.75, 3.05) is 6.61 Å². The number of ether oxygens (including phenoxy) is 1. The van der Waals surface area contributed by atoms with Crippen molar-refractivity contribution in [3.63, 3.8) is 0 Å². The number of benzene rings is 2. The molecule has 0 N–H and O–H groups in total. The van der Waals surface area contributed by atoms with Crippen molar-refractivity contribution >= 4 is 16.7 Å². The number of hydrogen-bond donors (Lipinski definition) is 0. The van der Waals surface area contributed by atoms with Crippen molar-refractivity contribution in [2.45, 2.75) is 13.0 Å². The molecule has 0 radical (unpaired) electrons. The van der Waals surface area contributed by atoms with Crippen LogP contribution in [0.4, 0.5) is 4.39 Å². The number of rotatable bonds is 6. The molecule has 0 aliphatic carbocycles. The molecule has 128 valence electrons. The van der Waals surface area contributed by atoms with Gasteiger partial charge < -0.3 is 14.6 Å². The van der Waals surface area contributed by atoms with Crippen LogP contribution in [0.1, 0.15) is 16.9 Å². The lowest BCUT2D eigenvalue weighted by Crippen LogP contribution is -2.31. The van der Waals surface area contributed by atoms with Gasteiger partial charge >= 0.3 is 0 Å². The van der Waals surface area contributed by atoms with Gasteiger partial charge in [-0.15, -0.1) is 0 Å². The highest BCUT2D eigenvalue weighted by Gasteiger charge is 2.10. The van der Waals surface area contributed by atoms with Crippen molar-refractivity contribution in [2.24, 2.45) is 0 Å². The van der Waals surface area contributed by atoms with Crippen LogP contribution in [0.3, 0.4) is 0 Å². The standard InChI is InChI=1S/C18H15FN2O4/c19-12-6-8-13(9-7-12)25-11-3-10-21-17(22)15-5-2-1-4-14(15)16(20-21)18(23)24/h1-2,4-9H,3,10-11H2,(H,23,24)/p-1. The first-order valence-electron chi connectivity index (χ1n) is 7.66. The number of carboxylic acid groups (broad SMARTS) is 1. The number of carboxylic acids is 1. The van der Waals surface area contributed by atoms with Gasteiger partial charge in [-0.2, -0.15) is 5.10 Å². The molecule has 7 heteroatoms. The first kappa shape index (κ1) is 16.6. The third-order valence-electron chi connectivity index (χ3n) is 3.66. The molecule has 0 spiro atoms. The molecule has 2 aromatic carbocycles. The second-order valence-electron chi connectivity index (χ2n) is 5.37. The Morgan fingerprint density at radius 1 is 1.12 bits per heavy atom. The highest BCUT2D eigenvalue weighted by Crippen LogP contribution is 2.13. The van der Waals surface area contributed by atoms with E-state index in [-0.39, 0.29) is 41.0 Å². The van der Waals surface area contributed by atoms with E-state index < -0.39 is 5.97 Å². The number of nitrogens with zero attached hydrogens (tertiary/aromatic N) is 2. The first-order chi connectivity index (χ1) is 12.1. The maximum absolute atomic E-state index is 12.8. The predicted octanol–water partition coefficient (Wildman–Crippen LogP) is 1.37. The Kier molecular flexibility index (Phi) is 4.74. The fourth-order valence-corrected chi connectivity index (χ4v) is 2.47. The molecule has 1 aromatic heterocycles. The molecule has 3 rings (SSSR count). The molecule has 0 fully saturated rings. The van der Waals surface area contributed by atoms with Gasteiger partial charge in [0.25, 0.3) is 5.56 Å². The van der Waals surface area contributed by atoms with E-state index in [9.17, 15) is 19.1 Å². The molecule has 0 atom stereocenters. The van der Waals surface area contributed by atoms with Crippen molar-refractivity contribution in [1.82, 2.24) is 9.78 Å². The minimum Gasteiger partial charge on any atom is -0.543 e. The maximum Gasteiger partial charge on any atom is 0.274 e. The van der Waals surface area contributed by atoms with Crippen LogP contribution >= 0.6 is 0 Å². The van der Waals surface area contributed by atoms with Gasteiger partial charge in [0.05, 0.1) is 18.0 Å². The zero-order valence-corrected chi connectivity index (χ0v) is 13.1. The summed E-state index contributed by atoms with van der Waals surface area (Å²) in [6, 6.07) is 12.0. The predicted molar refractivity (Wildman–Crippen MR) is 86.8 cm³/mol. The van der Waals surface area contributed by atoms with Crippen LogP contribution in [0, 0.1) is 5.82 Å². The summed E-state index contributed by atoms with van der Waals surface area (Å²) in [5.41, 5.74) is -0.642. The quantitative estimate of drug-likeness (QED) is 0.632. The van der Waals surface area contributed by atoms with Gasteiger partial charge in [0.15, 0.2) is 0 Å². The smallest absolute Gasteiger partial charge is 0.274 e. The highest BCUT2D eigenvalue weighted by atomic mass is 19.1. The summed E-state index contributed by atoms with van der Waals surface area (Å²) in [5, 5.41) is 15.7. The van der Waals surface area contributed by atoms with Gasteiger partial charge in [0.1, 0.15) is 17.3 Å². The monoisotopic (exact) mass is 341 g/mol. The SMILES string of the molecule is O=C([O-])c1nn(CCCOc2ccc(F)cc2)c(=O)c2ccccc12. The highest BCUT2D eigenvalue weighted by molar-refractivity contribution is 6.00. The molecular weight excluding hydrogens is 327 g/mol. The number of aromatic carboxylic acids is 1. The van der Waals surface area contributed by atoms with E-state index >= 15 is 0 Å². The Morgan fingerprint density at radius 3 is 2.48 bits per heavy atom. The molecule has 0 saturated heterocycles. The van der Waals surface area contributed by atoms with Gasteiger partial charge in [-0.1, -0.05) is 18.2 Å². The molecule has 3 aromatic rings. The van der Waals surface area contributed by atoms with E-state index in [2.05, 4.69) is 5.10 Å². The number of fused-ring (bicyclic) bond motifs is 1. The average Bonchev–Trinajstić information content (AvgIpc) is 2.61.